The monoisotopic (exact) mass is 582 g/mol. The van der Waals surface area contributed by atoms with Gasteiger partial charge in [0, 0.05) is 42.7 Å². The number of hydrogen-bond donors (Lipinski definition) is 3. The van der Waals surface area contributed by atoms with E-state index in [0.717, 1.165) is 25.3 Å². The standard InChI is InChI=1S/C24H26F3N6O4PS/c1-37-19-13-16(38(34)10-8-33(9-11-38)15-3-4-15)5-6-18(19)30-23-31-21(28-7-12-39(2,35)36)20-17(24(25,26)27)14-29-22(20)32-23/h5-6,8-11,13-15H,3-4,7,12H2,1-2H3,(H3,28,29,30,31,32). The molecule has 2 aliphatic rings. The largest absolute Gasteiger partial charge is 0.495 e. The quantitative estimate of drug-likeness (QED) is 0.310. The highest BCUT2D eigenvalue weighted by atomic mass is 32.2. The fraction of sp³-hybridized carbons (Fsp3) is 0.333. The molecule has 1 aromatic carbocycles. The minimum absolute atomic E-state index is 0.0600. The fourth-order valence-electron chi connectivity index (χ4n) is 4.16. The maximum atomic E-state index is 13.6. The van der Waals surface area contributed by atoms with Gasteiger partial charge in [0.25, 0.3) is 0 Å². The number of hydrogen-bond acceptors (Lipinski definition) is 9. The number of nitrogens with one attached hydrogen (secondary N) is 3. The predicted octanol–water partition coefficient (Wildman–Crippen LogP) is 4.59. The molecule has 208 valence electrons. The second-order valence-corrected chi connectivity index (χ2v) is 14.2. The lowest BCUT2D eigenvalue weighted by molar-refractivity contribution is -0.136. The zero-order valence-corrected chi connectivity index (χ0v) is 22.7. The smallest absolute Gasteiger partial charge is 0.418 e. The van der Waals surface area contributed by atoms with Crippen molar-refractivity contribution in [2.24, 2.45) is 0 Å². The van der Waals surface area contributed by atoms with Crippen molar-refractivity contribution in [2.45, 2.75) is 25.1 Å². The number of aromatic nitrogens is 3. The number of methoxy groups -OCH3 is 1. The van der Waals surface area contributed by atoms with Crippen molar-refractivity contribution in [3.8, 4) is 5.75 Å². The summed E-state index contributed by atoms with van der Waals surface area (Å²) in [5.41, 5.74) is -0.688. The fourth-order valence-corrected chi connectivity index (χ4v) is 6.40. The number of ether oxygens (including phenoxy) is 1. The van der Waals surface area contributed by atoms with Crippen LogP contribution >= 0.6 is 7.14 Å². The maximum absolute atomic E-state index is 13.6. The first-order valence-electron chi connectivity index (χ1n) is 12.0. The van der Waals surface area contributed by atoms with Crippen LogP contribution in [0.1, 0.15) is 18.4 Å². The molecule has 2 aromatic heterocycles. The van der Waals surface area contributed by atoms with Crippen LogP contribution in [0.2, 0.25) is 0 Å². The Morgan fingerprint density at radius 2 is 1.92 bits per heavy atom. The van der Waals surface area contributed by atoms with E-state index in [0.29, 0.717) is 22.8 Å². The lowest BCUT2D eigenvalue weighted by atomic mass is 10.2. The summed E-state index contributed by atoms with van der Waals surface area (Å²) < 4.78 is 83.0. The van der Waals surface area contributed by atoms with E-state index < -0.39 is 28.7 Å². The third-order valence-electron chi connectivity index (χ3n) is 6.33. The number of aromatic amines is 1. The highest BCUT2D eigenvalue weighted by Gasteiger charge is 2.36. The van der Waals surface area contributed by atoms with Gasteiger partial charge in [-0.2, -0.15) is 23.1 Å². The van der Waals surface area contributed by atoms with E-state index in [-0.39, 0.29) is 35.1 Å². The van der Waals surface area contributed by atoms with E-state index in [1.165, 1.54) is 7.11 Å². The van der Waals surface area contributed by atoms with E-state index in [1.54, 1.807) is 29.8 Å². The Labute approximate surface area is 222 Å². The molecule has 0 radical (unpaired) electrons. The van der Waals surface area contributed by atoms with Crippen LogP contribution in [0.3, 0.4) is 0 Å². The molecule has 1 saturated carbocycles. The number of fused-ring (bicyclic) bond motifs is 1. The number of sulfone groups is 1. The third-order valence-corrected chi connectivity index (χ3v) is 9.51. The highest BCUT2D eigenvalue weighted by Crippen LogP contribution is 2.51. The van der Waals surface area contributed by atoms with Crippen LogP contribution in [-0.4, -0.2) is 60.0 Å². The Balaban J connectivity index is 1.45. The molecule has 0 spiro atoms. The maximum Gasteiger partial charge on any atom is 0.418 e. The van der Waals surface area contributed by atoms with Gasteiger partial charge in [0.1, 0.15) is 27.1 Å². The van der Waals surface area contributed by atoms with Crippen molar-refractivity contribution in [3.05, 3.63) is 54.0 Å². The lowest BCUT2D eigenvalue weighted by Gasteiger charge is -2.22. The zero-order chi connectivity index (χ0) is 28.0. The van der Waals surface area contributed by atoms with Gasteiger partial charge in [0.05, 0.1) is 29.5 Å². The number of benzene rings is 1. The predicted molar refractivity (Wildman–Crippen MR) is 144 cm³/mol. The molecular weight excluding hydrogens is 556 g/mol. The average Bonchev–Trinajstić information content (AvgIpc) is 3.61. The van der Waals surface area contributed by atoms with E-state index in [2.05, 4.69) is 25.6 Å². The van der Waals surface area contributed by atoms with E-state index >= 15 is 0 Å². The van der Waals surface area contributed by atoms with Crippen LogP contribution in [0.5, 0.6) is 5.75 Å². The molecule has 0 amide bonds. The summed E-state index contributed by atoms with van der Waals surface area (Å²) in [5, 5.41) is 5.88. The van der Waals surface area contributed by atoms with Gasteiger partial charge in [-0.05, 0) is 42.7 Å². The van der Waals surface area contributed by atoms with Gasteiger partial charge < -0.3 is 29.8 Å². The third kappa shape index (κ3) is 5.91. The van der Waals surface area contributed by atoms with Gasteiger partial charge in [-0.25, -0.2) is 8.42 Å². The molecule has 3 heterocycles. The molecule has 15 heteroatoms. The summed E-state index contributed by atoms with van der Waals surface area (Å²) in [4.78, 5) is 12.9. The van der Waals surface area contributed by atoms with Crippen LogP contribution < -0.4 is 20.7 Å². The highest BCUT2D eigenvalue weighted by molar-refractivity contribution is 7.90. The first-order valence-corrected chi connectivity index (χ1v) is 15.9. The lowest BCUT2D eigenvalue weighted by Crippen LogP contribution is -2.16. The van der Waals surface area contributed by atoms with Crippen LogP contribution in [0.4, 0.5) is 30.6 Å². The van der Waals surface area contributed by atoms with Crippen LogP contribution in [0.15, 0.2) is 48.4 Å². The normalized spacial score (nSPS) is 17.0. The van der Waals surface area contributed by atoms with Crippen molar-refractivity contribution >= 4 is 50.8 Å². The minimum atomic E-state index is -4.68. The zero-order valence-electron chi connectivity index (χ0n) is 21.0. The van der Waals surface area contributed by atoms with Gasteiger partial charge in [-0.15, -0.1) is 0 Å². The second kappa shape index (κ2) is 9.91. The Morgan fingerprint density at radius 3 is 2.54 bits per heavy atom. The molecule has 10 nitrogen and oxygen atoms in total. The molecular formula is C24H26F3N6O4PS. The summed E-state index contributed by atoms with van der Waals surface area (Å²) in [6.45, 7) is -0.153. The van der Waals surface area contributed by atoms with Gasteiger partial charge in [-0.3, -0.25) is 0 Å². The molecule has 39 heavy (non-hydrogen) atoms. The summed E-state index contributed by atoms with van der Waals surface area (Å²) in [5.74, 6) is 3.17. The molecule has 1 aliphatic carbocycles. The Bertz CT molecular complexity index is 1610. The molecule has 3 N–H and O–H groups in total. The molecule has 0 unspecified atom stereocenters. The van der Waals surface area contributed by atoms with Gasteiger partial charge >= 0.3 is 6.18 Å². The summed E-state index contributed by atoms with van der Waals surface area (Å²) in [6.07, 6.45) is 3.02. The second-order valence-electron chi connectivity index (χ2n) is 9.37. The van der Waals surface area contributed by atoms with Crippen LogP contribution in [0, 0.1) is 0 Å². The number of nitrogens with zero attached hydrogens (tertiary/aromatic N) is 3. The molecule has 0 atom stereocenters. The topological polar surface area (TPSA) is 129 Å². The van der Waals surface area contributed by atoms with Crippen molar-refractivity contribution < 1.29 is 30.9 Å². The van der Waals surface area contributed by atoms with E-state index in [4.69, 9.17) is 4.74 Å². The van der Waals surface area contributed by atoms with Crippen molar-refractivity contribution in [1.82, 2.24) is 19.9 Å². The molecule has 5 rings (SSSR count). The molecule has 0 bridgehead atoms. The average molecular weight is 583 g/mol. The Hall–Kier alpha value is -3.51. The van der Waals surface area contributed by atoms with E-state index in [1.807, 2.05) is 17.3 Å². The summed E-state index contributed by atoms with van der Waals surface area (Å²) >= 11 is 0. The Morgan fingerprint density at radius 1 is 1.21 bits per heavy atom. The SMILES string of the molecule is COc1cc(P2(=O)C=CN(C3CC3)C=C2)ccc1Nc1nc(NCCS(C)(=O)=O)c2c(C(F)(F)F)c[nH]c2n1. The number of rotatable bonds is 9. The molecule has 1 fully saturated rings. The van der Waals surface area contributed by atoms with Crippen molar-refractivity contribution in [1.29, 1.82) is 0 Å². The van der Waals surface area contributed by atoms with Gasteiger partial charge in [0.2, 0.25) is 5.95 Å². The van der Waals surface area contributed by atoms with Crippen molar-refractivity contribution in [3.63, 3.8) is 0 Å². The molecule has 1 aliphatic heterocycles. The first kappa shape index (κ1) is 27.1. The number of halogens is 3. The Kier molecular flexibility index (Phi) is 6.88. The van der Waals surface area contributed by atoms with Crippen molar-refractivity contribution in [2.75, 3.05) is 36.3 Å². The number of alkyl halides is 3. The number of anilines is 3. The number of H-pyrrole nitrogens is 1. The van der Waals surface area contributed by atoms with E-state index in [9.17, 15) is 26.2 Å². The van der Waals surface area contributed by atoms with Gasteiger partial charge in [-0.1, -0.05) is 0 Å². The molecule has 0 saturated heterocycles. The van der Waals surface area contributed by atoms with Crippen LogP contribution in [-0.2, 0) is 20.6 Å². The first-order chi connectivity index (χ1) is 18.4. The summed E-state index contributed by atoms with van der Waals surface area (Å²) in [6, 6.07) is 5.39. The van der Waals surface area contributed by atoms with Gasteiger partial charge in [0.15, 0.2) is 7.14 Å². The summed E-state index contributed by atoms with van der Waals surface area (Å²) in [7, 11) is -4.88. The van der Waals surface area contributed by atoms with Crippen LogP contribution in [0.25, 0.3) is 11.0 Å². The minimum Gasteiger partial charge on any atom is -0.495 e. The molecule has 3 aromatic rings.